The van der Waals surface area contributed by atoms with Crippen molar-refractivity contribution in [1.29, 1.82) is 0 Å². The summed E-state index contributed by atoms with van der Waals surface area (Å²) in [6, 6.07) is 7.54. The van der Waals surface area contributed by atoms with Crippen LogP contribution in [-0.2, 0) is 17.9 Å². The van der Waals surface area contributed by atoms with Crippen molar-refractivity contribution in [3.63, 3.8) is 0 Å². The van der Waals surface area contributed by atoms with Crippen molar-refractivity contribution >= 4 is 16.9 Å². The zero-order valence-electron chi connectivity index (χ0n) is 15.2. The summed E-state index contributed by atoms with van der Waals surface area (Å²) in [5.41, 5.74) is 1.61. The molecule has 0 saturated heterocycles. The number of fused-ring (bicyclic) bond motifs is 2. The summed E-state index contributed by atoms with van der Waals surface area (Å²) in [6.45, 7) is 8.16. The number of carbonyl (C=O) groups is 1. The van der Waals surface area contributed by atoms with Crippen LogP contribution >= 0.6 is 0 Å². The predicted octanol–water partition coefficient (Wildman–Crippen LogP) is 3.09. The minimum absolute atomic E-state index is 0.105. The first-order valence-corrected chi connectivity index (χ1v) is 8.90. The molecule has 26 heavy (non-hydrogen) atoms. The first-order valence-electron chi connectivity index (χ1n) is 8.90. The molecule has 1 aliphatic heterocycles. The molecular weight excluding hydrogens is 332 g/mol. The molecule has 7 nitrogen and oxygen atoms in total. The quantitative estimate of drug-likeness (QED) is 0.720. The standard InChI is InChI=1S/C19H22N4O3/c1-4-25-11-16-20-21-18-13(3)22(9-10-23(16)18)19(24)17-12(2)14-7-5-6-8-15(14)26-17/h5-8,13H,4,9-11H2,1-3H3. The smallest absolute Gasteiger partial charge is 0.290 e. The van der Waals surface area contributed by atoms with Gasteiger partial charge in [-0.1, -0.05) is 18.2 Å². The van der Waals surface area contributed by atoms with Crippen LogP contribution in [0.25, 0.3) is 11.0 Å². The molecule has 0 spiro atoms. The van der Waals surface area contributed by atoms with E-state index in [1.807, 2.05) is 45.0 Å². The minimum Gasteiger partial charge on any atom is -0.451 e. The number of para-hydroxylation sites is 1. The third kappa shape index (κ3) is 2.59. The Bertz CT molecular complexity index is 959. The van der Waals surface area contributed by atoms with Crippen LogP contribution in [-0.4, -0.2) is 38.7 Å². The van der Waals surface area contributed by atoms with Crippen molar-refractivity contribution in [3.8, 4) is 0 Å². The fraction of sp³-hybridized carbons (Fsp3) is 0.421. The normalized spacial score (nSPS) is 16.9. The van der Waals surface area contributed by atoms with E-state index in [1.165, 1.54) is 0 Å². The maximum Gasteiger partial charge on any atom is 0.290 e. The van der Waals surface area contributed by atoms with E-state index in [9.17, 15) is 4.79 Å². The SMILES string of the molecule is CCOCc1nnc2n1CCN(C(=O)c1oc3ccccc3c1C)C2C. The lowest BCUT2D eigenvalue weighted by molar-refractivity contribution is 0.0599. The molecular formula is C19H22N4O3. The number of carbonyl (C=O) groups excluding carboxylic acids is 1. The fourth-order valence-corrected chi connectivity index (χ4v) is 3.53. The number of rotatable bonds is 4. The van der Waals surface area contributed by atoms with Gasteiger partial charge in [-0.25, -0.2) is 0 Å². The molecule has 1 amide bonds. The van der Waals surface area contributed by atoms with Crippen molar-refractivity contribution in [2.24, 2.45) is 0 Å². The van der Waals surface area contributed by atoms with Crippen molar-refractivity contribution < 1.29 is 13.9 Å². The van der Waals surface area contributed by atoms with Gasteiger partial charge in [0, 0.05) is 30.6 Å². The highest BCUT2D eigenvalue weighted by Crippen LogP contribution is 2.30. The van der Waals surface area contributed by atoms with Crippen LogP contribution in [0, 0.1) is 6.92 Å². The average molecular weight is 354 g/mol. The van der Waals surface area contributed by atoms with Crippen molar-refractivity contribution in [2.75, 3.05) is 13.2 Å². The number of hydrogen-bond donors (Lipinski definition) is 0. The highest BCUT2D eigenvalue weighted by molar-refractivity contribution is 5.99. The Balaban J connectivity index is 1.63. The van der Waals surface area contributed by atoms with E-state index in [0.717, 1.165) is 28.2 Å². The number of benzene rings is 1. The van der Waals surface area contributed by atoms with E-state index in [2.05, 4.69) is 14.8 Å². The Labute approximate surface area is 151 Å². The van der Waals surface area contributed by atoms with E-state index < -0.39 is 0 Å². The lowest BCUT2D eigenvalue weighted by Gasteiger charge is -2.33. The second-order valence-corrected chi connectivity index (χ2v) is 6.49. The first kappa shape index (κ1) is 16.8. The van der Waals surface area contributed by atoms with Gasteiger partial charge in [0.05, 0.1) is 6.04 Å². The summed E-state index contributed by atoms with van der Waals surface area (Å²) in [7, 11) is 0. The first-order chi connectivity index (χ1) is 12.6. The summed E-state index contributed by atoms with van der Waals surface area (Å²) >= 11 is 0. The number of nitrogens with zero attached hydrogens (tertiary/aromatic N) is 4. The second kappa shape index (κ2) is 6.57. The molecule has 1 aliphatic rings. The molecule has 0 aliphatic carbocycles. The van der Waals surface area contributed by atoms with Crippen LogP contribution in [0.15, 0.2) is 28.7 Å². The molecule has 2 aromatic heterocycles. The van der Waals surface area contributed by atoms with Gasteiger partial charge in [-0.2, -0.15) is 0 Å². The van der Waals surface area contributed by atoms with Crippen molar-refractivity contribution in [2.45, 2.75) is 40.0 Å². The zero-order valence-corrected chi connectivity index (χ0v) is 15.2. The van der Waals surface area contributed by atoms with Crippen molar-refractivity contribution in [1.82, 2.24) is 19.7 Å². The molecule has 1 unspecified atom stereocenters. The number of ether oxygens (including phenoxy) is 1. The molecule has 4 rings (SSSR count). The maximum absolute atomic E-state index is 13.1. The van der Waals surface area contributed by atoms with Gasteiger partial charge < -0.3 is 18.6 Å². The van der Waals surface area contributed by atoms with E-state index in [1.54, 1.807) is 4.90 Å². The molecule has 0 fully saturated rings. The maximum atomic E-state index is 13.1. The van der Waals surface area contributed by atoms with E-state index in [0.29, 0.717) is 32.1 Å². The van der Waals surface area contributed by atoms with Crippen LogP contribution in [0.1, 0.15) is 47.7 Å². The molecule has 0 saturated carbocycles. The summed E-state index contributed by atoms with van der Waals surface area (Å²) in [4.78, 5) is 14.9. The summed E-state index contributed by atoms with van der Waals surface area (Å²) < 4.78 is 13.4. The summed E-state index contributed by atoms with van der Waals surface area (Å²) in [5, 5.41) is 9.50. The van der Waals surface area contributed by atoms with Crippen LogP contribution < -0.4 is 0 Å². The lowest BCUT2D eigenvalue weighted by Crippen LogP contribution is -2.41. The third-order valence-electron chi connectivity index (χ3n) is 5.00. The molecule has 3 heterocycles. The summed E-state index contributed by atoms with van der Waals surface area (Å²) in [5.74, 6) is 1.89. The number of aryl methyl sites for hydroxylation is 1. The van der Waals surface area contributed by atoms with Gasteiger partial charge in [-0.3, -0.25) is 4.79 Å². The number of furan rings is 1. The molecule has 0 N–H and O–H groups in total. The molecule has 136 valence electrons. The van der Waals surface area contributed by atoms with Crippen LogP contribution in [0.4, 0.5) is 0 Å². The minimum atomic E-state index is -0.174. The van der Waals surface area contributed by atoms with Crippen molar-refractivity contribution in [3.05, 3.63) is 47.2 Å². The molecule has 1 aromatic carbocycles. The van der Waals surface area contributed by atoms with E-state index in [-0.39, 0.29) is 11.9 Å². The zero-order chi connectivity index (χ0) is 18.3. The van der Waals surface area contributed by atoms with Crippen LogP contribution in [0.3, 0.4) is 0 Å². The second-order valence-electron chi connectivity index (χ2n) is 6.49. The Morgan fingerprint density at radius 1 is 1.31 bits per heavy atom. The number of hydrogen-bond acceptors (Lipinski definition) is 5. The number of amides is 1. The fourth-order valence-electron chi connectivity index (χ4n) is 3.53. The van der Waals surface area contributed by atoms with Crippen LogP contribution in [0.5, 0.6) is 0 Å². The van der Waals surface area contributed by atoms with Gasteiger partial charge in [0.2, 0.25) is 0 Å². The van der Waals surface area contributed by atoms with Crippen LogP contribution in [0.2, 0.25) is 0 Å². The highest BCUT2D eigenvalue weighted by Gasteiger charge is 2.34. The van der Waals surface area contributed by atoms with Gasteiger partial charge in [0.15, 0.2) is 17.4 Å². The molecule has 0 radical (unpaired) electrons. The highest BCUT2D eigenvalue weighted by atomic mass is 16.5. The monoisotopic (exact) mass is 354 g/mol. The van der Waals surface area contributed by atoms with Gasteiger partial charge >= 0.3 is 0 Å². The predicted molar refractivity (Wildman–Crippen MR) is 95.8 cm³/mol. The molecule has 0 bridgehead atoms. The molecule has 7 heteroatoms. The van der Waals surface area contributed by atoms with E-state index in [4.69, 9.17) is 9.15 Å². The summed E-state index contributed by atoms with van der Waals surface area (Å²) in [6.07, 6.45) is 0. The van der Waals surface area contributed by atoms with Gasteiger partial charge in [0.25, 0.3) is 5.91 Å². The topological polar surface area (TPSA) is 73.4 Å². The Morgan fingerprint density at radius 2 is 2.12 bits per heavy atom. The lowest BCUT2D eigenvalue weighted by atomic mass is 10.1. The Morgan fingerprint density at radius 3 is 2.88 bits per heavy atom. The van der Waals surface area contributed by atoms with Gasteiger partial charge in [-0.05, 0) is 26.8 Å². The average Bonchev–Trinajstić information content (AvgIpc) is 3.22. The third-order valence-corrected chi connectivity index (χ3v) is 5.00. The molecule has 1 atom stereocenters. The molecule has 3 aromatic rings. The van der Waals surface area contributed by atoms with Gasteiger partial charge in [0.1, 0.15) is 12.2 Å². The number of aromatic nitrogens is 3. The Hall–Kier alpha value is -2.67. The largest absolute Gasteiger partial charge is 0.451 e. The Kier molecular flexibility index (Phi) is 4.24. The van der Waals surface area contributed by atoms with E-state index >= 15 is 0 Å². The van der Waals surface area contributed by atoms with Gasteiger partial charge in [-0.15, -0.1) is 10.2 Å².